The fourth-order valence-corrected chi connectivity index (χ4v) is 2.89. The van der Waals surface area contributed by atoms with E-state index in [0.717, 1.165) is 5.75 Å². The highest BCUT2D eigenvalue weighted by molar-refractivity contribution is 7.99. The second-order valence-corrected chi connectivity index (χ2v) is 5.89. The van der Waals surface area contributed by atoms with Crippen molar-refractivity contribution in [3.8, 4) is 0 Å². The van der Waals surface area contributed by atoms with Gasteiger partial charge in [-0.25, -0.2) is 0 Å². The van der Waals surface area contributed by atoms with Crippen LogP contribution in [0.15, 0.2) is 0 Å². The third-order valence-electron chi connectivity index (χ3n) is 2.85. The Morgan fingerprint density at radius 1 is 1.44 bits per heavy atom. The minimum absolute atomic E-state index is 0.312. The van der Waals surface area contributed by atoms with Crippen LogP contribution in [0.2, 0.25) is 0 Å². The average Bonchev–Trinajstić information content (AvgIpc) is 2.98. The third kappa shape index (κ3) is 6.49. The molecule has 0 aliphatic heterocycles. The molecule has 2 unspecified atom stereocenters. The molecule has 1 aliphatic rings. The van der Waals surface area contributed by atoms with Crippen LogP contribution in [0.1, 0.15) is 25.7 Å². The van der Waals surface area contributed by atoms with Gasteiger partial charge in [0.25, 0.3) is 0 Å². The Labute approximate surface area is 108 Å². The molecule has 106 valence electrons. The number of thioether (sulfide) groups is 1. The van der Waals surface area contributed by atoms with E-state index >= 15 is 0 Å². The van der Waals surface area contributed by atoms with Crippen molar-refractivity contribution in [2.24, 2.45) is 17.6 Å². The van der Waals surface area contributed by atoms with Crippen molar-refractivity contribution in [3.63, 3.8) is 0 Å². The molecule has 1 aliphatic carbocycles. The first-order valence-corrected chi connectivity index (χ1v) is 7.06. The van der Waals surface area contributed by atoms with Gasteiger partial charge in [-0.15, -0.1) is 0 Å². The van der Waals surface area contributed by atoms with Gasteiger partial charge in [-0.1, -0.05) is 0 Å². The monoisotopic (exact) mass is 285 g/mol. The van der Waals surface area contributed by atoms with Gasteiger partial charge >= 0.3 is 12.1 Å². The number of carboxylic acids is 1. The molecule has 0 heterocycles. The molecule has 1 rings (SSSR count). The molecule has 0 bridgehead atoms. The number of alkyl halides is 3. The molecule has 0 aromatic rings. The molecule has 0 spiro atoms. The normalized spacial score (nSPS) is 19.6. The van der Waals surface area contributed by atoms with Crippen molar-refractivity contribution >= 4 is 17.7 Å². The van der Waals surface area contributed by atoms with Gasteiger partial charge in [0, 0.05) is 11.8 Å². The SMILES string of the molecule is NC(CSCC1CC1)CC(CC(=O)O)C(F)(F)F. The van der Waals surface area contributed by atoms with Crippen LogP contribution in [0.4, 0.5) is 13.2 Å². The molecular formula is C11H18F3NO2S. The molecular weight excluding hydrogens is 267 g/mol. The zero-order valence-electron chi connectivity index (χ0n) is 9.95. The van der Waals surface area contributed by atoms with E-state index in [9.17, 15) is 18.0 Å². The summed E-state index contributed by atoms with van der Waals surface area (Å²) < 4.78 is 37.7. The minimum Gasteiger partial charge on any atom is -0.481 e. The van der Waals surface area contributed by atoms with E-state index in [1.807, 2.05) is 0 Å². The molecule has 7 heteroatoms. The molecule has 1 saturated carbocycles. The molecule has 2 atom stereocenters. The van der Waals surface area contributed by atoms with Gasteiger partial charge in [-0.05, 0) is 30.9 Å². The molecule has 18 heavy (non-hydrogen) atoms. The summed E-state index contributed by atoms with van der Waals surface area (Å²) in [5, 5.41) is 8.47. The van der Waals surface area contributed by atoms with Crippen molar-refractivity contribution in [2.45, 2.75) is 37.9 Å². The van der Waals surface area contributed by atoms with Crippen LogP contribution in [0, 0.1) is 11.8 Å². The summed E-state index contributed by atoms with van der Waals surface area (Å²) in [5.74, 6) is -1.16. The summed E-state index contributed by atoms with van der Waals surface area (Å²) in [7, 11) is 0. The van der Waals surface area contributed by atoms with Crippen LogP contribution < -0.4 is 5.73 Å². The number of halogens is 3. The first-order valence-electron chi connectivity index (χ1n) is 5.91. The predicted molar refractivity (Wildman–Crippen MR) is 64.4 cm³/mol. The summed E-state index contributed by atoms with van der Waals surface area (Å²) in [6.07, 6.45) is -3.30. The quantitative estimate of drug-likeness (QED) is 0.719. The van der Waals surface area contributed by atoms with Gasteiger partial charge in [0.1, 0.15) is 0 Å². The average molecular weight is 285 g/mol. The summed E-state index contributed by atoms with van der Waals surface area (Å²) in [6.45, 7) is 0. The molecule has 1 fully saturated rings. The lowest BCUT2D eigenvalue weighted by molar-refractivity contribution is -0.185. The summed E-state index contributed by atoms with van der Waals surface area (Å²) in [6, 6.07) is -0.597. The molecule has 3 nitrogen and oxygen atoms in total. The highest BCUT2D eigenvalue weighted by Crippen LogP contribution is 2.34. The minimum atomic E-state index is -4.49. The number of hydrogen-bond acceptors (Lipinski definition) is 3. The maximum absolute atomic E-state index is 12.6. The van der Waals surface area contributed by atoms with Crippen molar-refractivity contribution in [1.29, 1.82) is 0 Å². The Bertz CT molecular complexity index is 282. The zero-order valence-corrected chi connectivity index (χ0v) is 10.8. The van der Waals surface area contributed by atoms with Gasteiger partial charge in [-0.2, -0.15) is 24.9 Å². The van der Waals surface area contributed by atoms with Gasteiger partial charge in [0.2, 0.25) is 0 Å². The summed E-state index contributed by atoms with van der Waals surface area (Å²) >= 11 is 1.56. The Kier molecular flexibility index (Phi) is 5.78. The van der Waals surface area contributed by atoms with Gasteiger partial charge < -0.3 is 10.8 Å². The summed E-state index contributed by atoms with van der Waals surface area (Å²) in [5.41, 5.74) is 5.64. The number of hydrogen-bond donors (Lipinski definition) is 2. The lowest BCUT2D eigenvalue weighted by Crippen LogP contribution is -2.34. The number of aliphatic carboxylic acids is 1. The Morgan fingerprint density at radius 2 is 2.06 bits per heavy atom. The van der Waals surface area contributed by atoms with Crippen LogP contribution in [0.5, 0.6) is 0 Å². The highest BCUT2D eigenvalue weighted by Gasteiger charge is 2.41. The van der Waals surface area contributed by atoms with E-state index < -0.39 is 30.5 Å². The smallest absolute Gasteiger partial charge is 0.392 e. The van der Waals surface area contributed by atoms with Gasteiger partial charge in [0.15, 0.2) is 0 Å². The fourth-order valence-electron chi connectivity index (χ4n) is 1.65. The second-order valence-electron chi connectivity index (χ2n) is 4.81. The highest BCUT2D eigenvalue weighted by atomic mass is 32.2. The Balaban J connectivity index is 2.30. The van der Waals surface area contributed by atoms with Crippen molar-refractivity contribution in [1.82, 2.24) is 0 Å². The molecule has 0 amide bonds. The Hall–Kier alpha value is -0.430. The largest absolute Gasteiger partial charge is 0.481 e. The van der Waals surface area contributed by atoms with Crippen LogP contribution in [-0.2, 0) is 4.79 Å². The van der Waals surface area contributed by atoms with E-state index in [1.54, 1.807) is 11.8 Å². The fraction of sp³-hybridized carbons (Fsp3) is 0.909. The van der Waals surface area contributed by atoms with Crippen molar-refractivity contribution in [2.75, 3.05) is 11.5 Å². The summed E-state index contributed by atoms with van der Waals surface area (Å²) in [4.78, 5) is 10.4. The number of rotatable bonds is 8. The van der Waals surface area contributed by atoms with Crippen LogP contribution in [0.25, 0.3) is 0 Å². The maximum Gasteiger partial charge on any atom is 0.392 e. The number of carbonyl (C=O) groups is 1. The standard InChI is InChI=1S/C11H18F3NO2S/c12-11(13,14)8(4-10(16)17)3-9(15)6-18-5-7-1-2-7/h7-9H,1-6,15H2,(H,16,17). The second kappa shape index (κ2) is 6.65. The molecule has 0 radical (unpaired) electrons. The van der Waals surface area contributed by atoms with Crippen LogP contribution >= 0.6 is 11.8 Å². The molecule has 0 aromatic heterocycles. The van der Waals surface area contributed by atoms with E-state index in [-0.39, 0.29) is 6.42 Å². The topological polar surface area (TPSA) is 63.3 Å². The zero-order chi connectivity index (χ0) is 13.8. The van der Waals surface area contributed by atoms with Gasteiger partial charge in [0.05, 0.1) is 12.3 Å². The van der Waals surface area contributed by atoms with E-state index in [1.165, 1.54) is 12.8 Å². The maximum atomic E-state index is 12.6. The van der Waals surface area contributed by atoms with E-state index in [0.29, 0.717) is 11.7 Å². The van der Waals surface area contributed by atoms with E-state index in [4.69, 9.17) is 10.8 Å². The van der Waals surface area contributed by atoms with E-state index in [2.05, 4.69) is 0 Å². The lowest BCUT2D eigenvalue weighted by Gasteiger charge is -2.21. The van der Waals surface area contributed by atoms with Crippen molar-refractivity contribution in [3.05, 3.63) is 0 Å². The number of carboxylic acid groups (broad SMARTS) is 1. The Morgan fingerprint density at radius 3 is 2.50 bits per heavy atom. The predicted octanol–water partition coefficient (Wildman–Crippen LogP) is 2.50. The lowest BCUT2D eigenvalue weighted by atomic mass is 9.97. The van der Waals surface area contributed by atoms with Crippen LogP contribution in [0.3, 0.4) is 0 Å². The molecule has 3 N–H and O–H groups in total. The first-order chi connectivity index (χ1) is 8.29. The van der Waals surface area contributed by atoms with Crippen LogP contribution in [-0.4, -0.2) is 34.8 Å². The first kappa shape index (κ1) is 15.6. The van der Waals surface area contributed by atoms with Crippen molar-refractivity contribution < 1.29 is 23.1 Å². The van der Waals surface area contributed by atoms with Gasteiger partial charge in [-0.3, -0.25) is 4.79 Å². The number of nitrogens with two attached hydrogens (primary N) is 1. The third-order valence-corrected chi connectivity index (χ3v) is 4.22. The molecule has 0 saturated heterocycles. The molecule has 0 aromatic carbocycles.